The van der Waals surface area contributed by atoms with Crippen molar-refractivity contribution in [2.45, 2.75) is 60.4 Å². The van der Waals surface area contributed by atoms with Crippen LogP contribution in [-0.2, 0) is 32.7 Å². The third-order valence-electron chi connectivity index (χ3n) is 3.13. The smallest absolute Gasteiger partial charge is 0 e. The summed E-state index contributed by atoms with van der Waals surface area (Å²) in [5, 5.41) is 4.77. The fourth-order valence-electron chi connectivity index (χ4n) is 0.875. The Labute approximate surface area is 122 Å². The Morgan fingerprint density at radius 3 is 1.60 bits per heavy atom. The summed E-state index contributed by atoms with van der Waals surface area (Å²) >= 11 is 0. The topological polar surface area (TPSA) is 14.1 Å². The van der Waals surface area contributed by atoms with Crippen LogP contribution in [0.1, 0.15) is 54.9 Å². The molecule has 0 aliphatic rings. The van der Waals surface area contributed by atoms with E-state index in [1.165, 1.54) is 0 Å². The van der Waals surface area contributed by atoms with Gasteiger partial charge in [0.15, 0.2) is 0 Å². The molecule has 1 radical (unpaired) electrons. The van der Waals surface area contributed by atoms with Crippen LogP contribution in [0.5, 0.6) is 0 Å². The molecular weight excluding hydrogens is 259 g/mol. The van der Waals surface area contributed by atoms with E-state index < -0.39 is 0 Å². The molecule has 0 aliphatic heterocycles. The zero-order valence-electron chi connectivity index (χ0n) is 11.6. The molecule has 0 amide bonds. The molecule has 0 bridgehead atoms. The van der Waals surface area contributed by atoms with E-state index in [0.29, 0.717) is 0 Å². The summed E-state index contributed by atoms with van der Waals surface area (Å²) < 4.78 is 0. The average Bonchev–Trinajstić information content (AvgIpc) is 1.80. The summed E-state index contributed by atoms with van der Waals surface area (Å²) in [6.45, 7) is 20.5. The normalized spacial score (nSPS) is 13.6. The van der Waals surface area contributed by atoms with Crippen LogP contribution in [0.2, 0.25) is 0 Å². The molecule has 2 heteroatoms. The number of hydrogen-bond acceptors (Lipinski definition) is 0. The molecule has 89 valence electrons. The van der Waals surface area contributed by atoms with Gasteiger partial charge in [-0.2, -0.15) is 12.0 Å². The summed E-state index contributed by atoms with van der Waals surface area (Å²) in [4.78, 5) is 0. The summed E-state index contributed by atoms with van der Waals surface area (Å²) in [5.74, 6) is 0. The fraction of sp³-hybridized carbons (Fsp3) is 0.923. The molecule has 0 saturated carbocycles. The van der Waals surface area contributed by atoms with Gasteiger partial charge in [-0.3, -0.25) is 0 Å². The minimum Gasteiger partial charge on any atom is -0.657 e. The standard InChI is InChI=1S/C13H27N.Y/c1-11(2,3)9-10-14-13(7,8)12(4,5)6;/h1,9-10H2,2-8H3;/q-2;. The van der Waals surface area contributed by atoms with Crippen LogP contribution in [0.4, 0.5) is 0 Å². The van der Waals surface area contributed by atoms with Crippen molar-refractivity contribution in [3.05, 3.63) is 12.2 Å². The Hall–Kier alpha value is 1.06. The van der Waals surface area contributed by atoms with Crippen LogP contribution < -0.4 is 0 Å². The molecule has 0 saturated heterocycles. The van der Waals surface area contributed by atoms with Gasteiger partial charge in [0.2, 0.25) is 0 Å². The zero-order chi connectivity index (χ0) is 11.6. The molecule has 0 aromatic heterocycles. The van der Waals surface area contributed by atoms with Gasteiger partial charge in [-0.15, -0.1) is 5.54 Å². The molecule has 0 spiro atoms. The maximum absolute atomic E-state index is 4.77. The molecule has 0 rings (SSSR count). The van der Waals surface area contributed by atoms with Crippen LogP contribution in [0, 0.1) is 17.8 Å². The van der Waals surface area contributed by atoms with Crippen LogP contribution in [0.3, 0.4) is 0 Å². The fourth-order valence-corrected chi connectivity index (χ4v) is 0.875. The van der Waals surface area contributed by atoms with Gasteiger partial charge < -0.3 is 12.2 Å². The largest absolute Gasteiger partial charge is 0.657 e. The summed E-state index contributed by atoms with van der Waals surface area (Å²) in [6.07, 6.45) is 1.06. The van der Waals surface area contributed by atoms with Gasteiger partial charge in [0, 0.05) is 32.7 Å². The van der Waals surface area contributed by atoms with E-state index in [1.807, 2.05) is 0 Å². The van der Waals surface area contributed by atoms with E-state index >= 15 is 0 Å². The van der Waals surface area contributed by atoms with E-state index in [0.717, 1.165) is 13.0 Å². The predicted octanol–water partition coefficient (Wildman–Crippen LogP) is 4.43. The second kappa shape index (κ2) is 6.12. The van der Waals surface area contributed by atoms with Gasteiger partial charge in [0.1, 0.15) is 0 Å². The minimum atomic E-state index is 0. The second-order valence-corrected chi connectivity index (χ2v) is 6.60. The van der Waals surface area contributed by atoms with Gasteiger partial charge in [-0.1, -0.05) is 60.3 Å². The van der Waals surface area contributed by atoms with Crippen molar-refractivity contribution < 1.29 is 32.7 Å². The Kier molecular flexibility index (Phi) is 7.52. The van der Waals surface area contributed by atoms with Gasteiger partial charge in [-0.25, -0.2) is 0 Å². The number of nitrogens with zero attached hydrogens (tertiary/aromatic N) is 1. The van der Waals surface area contributed by atoms with Gasteiger partial charge in [0.25, 0.3) is 0 Å². The SMILES string of the molecule is [CH2-]C(C)(C)CC[N-]C(C)(C)C(C)(C)C.[Y]. The molecule has 0 heterocycles. The van der Waals surface area contributed by atoms with Gasteiger partial charge in [0.05, 0.1) is 0 Å². The molecule has 0 aromatic carbocycles. The monoisotopic (exact) mass is 286 g/mol. The molecule has 15 heavy (non-hydrogen) atoms. The predicted molar refractivity (Wildman–Crippen MR) is 65.5 cm³/mol. The van der Waals surface area contributed by atoms with Gasteiger partial charge in [-0.05, 0) is 0 Å². The second-order valence-electron chi connectivity index (χ2n) is 6.60. The Morgan fingerprint density at radius 2 is 1.33 bits per heavy atom. The van der Waals surface area contributed by atoms with Crippen LogP contribution in [-0.4, -0.2) is 12.1 Å². The molecular formula is C13H27NY-2. The first-order valence-electron chi connectivity index (χ1n) is 5.50. The van der Waals surface area contributed by atoms with Crippen molar-refractivity contribution in [3.63, 3.8) is 0 Å². The third kappa shape index (κ3) is 7.88. The molecule has 0 N–H and O–H groups in total. The van der Waals surface area contributed by atoms with E-state index in [2.05, 4.69) is 55.4 Å². The van der Waals surface area contributed by atoms with Crippen LogP contribution in [0.15, 0.2) is 0 Å². The number of rotatable bonds is 4. The molecule has 1 nitrogen and oxygen atoms in total. The minimum absolute atomic E-state index is 0. The van der Waals surface area contributed by atoms with Crippen molar-refractivity contribution in [1.82, 2.24) is 0 Å². The van der Waals surface area contributed by atoms with Crippen molar-refractivity contribution in [2.75, 3.05) is 6.54 Å². The Balaban J connectivity index is 0. The molecule has 0 fully saturated rings. The van der Waals surface area contributed by atoms with Crippen molar-refractivity contribution >= 4 is 0 Å². The first kappa shape index (κ1) is 18.4. The van der Waals surface area contributed by atoms with Crippen molar-refractivity contribution in [2.24, 2.45) is 10.8 Å². The molecule has 0 aliphatic carbocycles. The number of hydrogen-bond donors (Lipinski definition) is 0. The maximum atomic E-state index is 4.77. The first-order chi connectivity index (χ1) is 5.96. The van der Waals surface area contributed by atoms with E-state index in [-0.39, 0.29) is 49.1 Å². The van der Waals surface area contributed by atoms with Crippen LogP contribution >= 0.6 is 0 Å². The molecule has 0 unspecified atom stereocenters. The summed E-state index contributed by atoms with van der Waals surface area (Å²) in [7, 11) is 0. The first-order valence-corrected chi connectivity index (χ1v) is 5.50. The quantitative estimate of drug-likeness (QED) is 0.679. The Morgan fingerprint density at radius 1 is 0.933 bits per heavy atom. The summed E-state index contributed by atoms with van der Waals surface area (Å²) in [5.41, 5.74) is 0.439. The Bertz CT molecular complexity index is 172. The molecule has 0 atom stereocenters. The van der Waals surface area contributed by atoms with E-state index in [4.69, 9.17) is 5.32 Å². The van der Waals surface area contributed by atoms with Crippen molar-refractivity contribution in [1.29, 1.82) is 0 Å². The third-order valence-corrected chi connectivity index (χ3v) is 3.13. The van der Waals surface area contributed by atoms with Crippen molar-refractivity contribution in [3.8, 4) is 0 Å². The van der Waals surface area contributed by atoms with Crippen LogP contribution in [0.25, 0.3) is 5.32 Å². The van der Waals surface area contributed by atoms with E-state index in [1.54, 1.807) is 0 Å². The van der Waals surface area contributed by atoms with E-state index in [9.17, 15) is 0 Å². The summed E-state index contributed by atoms with van der Waals surface area (Å²) in [6, 6.07) is 0. The average molecular weight is 286 g/mol. The maximum Gasteiger partial charge on any atom is 0 e. The zero-order valence-corrected chi connectivity index (χ0v) is 14.5. The molecule has 0 aromatic rings. The van der Waals surface area contributed by atoms with Gasteiger partial charge >= 0.3 is 0 Å².